The number of carbonyl (C=O) groups is 2. The van der Waals surface area contributed by atoms with Gasteiger partial charge < -0.3 is 5.32 Å². The summed E-state index contributed by atoms with van der Waals surface area (Å²) in [6.07, 6.45) is 5.92. The zero-order chi connectivity index (χ0) is 25.1. The number of aromatic nitrogens is 2. The van der Waals surface area contributed by atoms with E-state index in [1.807, 2.05) is 41.3 Å². The first-order valence-electron chi connectivity index (χ1n) is 13.0. The van der Waals surface area contributed by atoms with Crippen molar-refractivity contribution in [3.05, 3.63) is 90.4 Å². The van der Waals surface area contributed by atoms with Crippen LogP contribution >= 0.6 is 0 Å². The van der Waals surface area contributed by atoms with E-state index in [0.29, 0.717) is 0 Å². The van der Waals surface area contributed by atoms with E-state index in [4.69, 9.17) is 0 Å². The first kappa shape index (κ1) is 22.2. The molecule has 0 spiro atoms. The van der Waals surface area contributed by atoms with Gasteiger partial charge in [0.15, 0.2) is 0 Å². The second kappa shape index (κ2) is 8.26. The molecule has 3 fully saturated rings. The smallest absolute Gasteiger partial charge is 0.230 e. The highest BCUT2D eigenvalue weighted by molar-refractivity contribution is 6.01. The SMILES string of the molecule is O=C(N[C@H]1CC(=O)N(c2ccc3c(cnn3-c3ccc(F)cc3)c2)[C@@]1(c1ccccc1)C1CC1)C1CC1. The minimum Gasteiger partial charge on any atom is -0.350 e. The molecule has 7 heteroatoms. The van der Waals surface area contributed by atoms with E-state index in [9.17, 15) is 14.0 Å². The second-order valence-electron chi connectivity index (χ2n) is 10.5. The van der Waals surface area contributed by atoms with Crippen molar-refractivity contribution in [1.82, 2.24) is 15.1 Å². The molecule has 7 rings (SSSR count). The molecule has 2 aliphatic carbocycles. The lowest BCUT2D eigenvalue weighted by molar-refractivity contribution is -0.123. The number of hydrogen-bond acceptors (Lipinski definition) is 3. The van der Waals surface area contributed by atoms with E-state index < -0.39 is 5.54 Å². The van der Waals surface area contributed by atoms with Crippen molar-refractivity contribution in [2.24, 2.45) is 11.8 Å². The third-order valence-electron chi connectivity index (χ3n) is 8.11. The Balaban J connectivity index is 1.34. The Kier molecular flexibility index (Phi) is 4.96. The van der Waals surface area contributed by atoms with Crippen LogP contribution in [0, 0.1) is 17.7 Å². The van der Waals surface area contributed by atoms with Crippen LogP contribution in [0.5, 0.6) is 0 Å². The lowest BCUT2D eigenvalue weighted by Gasteiger charge is -2.43. The van der Waals surface area contributed by atoms with E-state index >= 15 is 0 Å². The molecule has 4 aromatic rings. The normalized spacial score (nSPS) is 23.5. The predicted octanol–water partition coefficient (Wildman–Crippen LogP) is 5.10. The van der Waals surface area contributed by atoms with Crippen molar-refractivity contribution in [2.75, 3.05) is 4.90 Å². The Morgan fingerprint density at radius 2 is 1.68 bits per heavy atom. The van der Waals surface area contributed by atoms with Crippen LogP contribution in [0.1, 0.15) is 37.7 Å². The van der Waals surface area contributed by atoms with Gasteiger partial charge >= 0.3 is 0 Å². The van der Waals surface area contributed by atoms with Crippen LogP contribution in [0.3, 0.4) is 0 Å². The largest absolute Gasteiger partial charge is 0.350 e. The summed E-state index contributed by atoms with van der Waals surface area (Å²) in [7, 11) is 0. The summed E-state index contributed by atoms with van der Waals surface area (Å²) < 4.78 is 15.2. The average molecular weight is 495 g/mol. The van der Waals surface area contributed by atoms with Crippen molar-refractivity contribution in [1.29, 1.82) is 0 Å². The Bertz CT molecular complexity index is 1510. The summed E-state index contributed by atoms with van der Waals surface area (Å²) in [5, 5.41) is 8.73. The number of benzene rings is 3. The first-order chi connectivity index (χ1) is 18.1. The van der Waals surface area contributed by atoms with Gasteiger partial charge in [0.25, 0.3) is 0 Å². The number of nitrogens with zero attached hydrogens (tertiary/aromatic N) is 3. The Labute approximate surface area is 214 Å². The highest BCUT2D eigenvalue weighted by Gasteiger charge is 2.62. The van der Waals surface area contributed by atoms with Gasteiger partial charge in [0.2, 0.25) is 11.8 Å². The third-order valence-corrected chi connectivity index (χ3v) is 8.11. The van der Waals surface area contributed by atoms with Gasteiger partial charge in [-0.15, -0.1) is 0 Å². The summed E-state index contributed by atoms with van der Waals surface area (Å²) >= 11 is 0. The molecule has 3 aromatic carbocycles. The van der Waals surface area contributed by atoms with Gasteiger partial charge in [0.1, 0.15) is 5.82 Å². The van der Waals surface area contributed by atoms with Crippen LogP contribution in [0.15, 0.2) is 79.0 Å². The van der Waals surface area contributed by atoms with Crippen molar-refractivity contribution in [3.8, 4) is 5.69 Å². The Morgan fingerprint density at radius 3 is 2.38 bits per heavy atom. The minimum atomic E-state index is -0.635. The number of nitrogens with one attached hydrogen (secondary N) is 1. The molecule has 0 unspecified atom stereocenters. The summed E-state index contributed by atoms with van der Waals surface area (Å²) in [5.74, 6) is 0.128. The van der Waals surface area contributed by atoms with Crippen molar-refractivity contribution < 1.29 is 14.0 Å². The van der Waals surface area contributed by atoms with Gasteiger partial charge in [-0.3, -0.25) is 14.5 Å². The number of halogens is 1. The van der Waals surface area contributed by atoms with Gasteiger partial charge in [-0.25, -0.2) is 9.07 Å². The summed E-state index contributed by atoms with van der Waals surface area (Å²) in [6.45, 7) is 0. The van der Waals surface area contributed by atoms with Crippen LogP contribution in [0.4, 0.5) is 10.1 Å². The topological polar surface area (TPSA) is 67.2 Å². The highest BCUT2D eigenvalue weighted by atomic mass is 19.1. The van der Waals surface area contributed by atoms with Gasteiger partial charge in [0, 0.05) is 17.0 Å². The van der Waals surface area contributed by atoms with E-state index in [1.165, 1.54) is 12.1 Å². The summed E-state index contributed by atoms with van der Waals surface area (Å²) in [5.41, 5.74) is 2.86. The molecule has 3 aliphatic rings. The fraction of sp³-hybridized carbons (Fsp3) is 0.300. The fourth-order valence-corrected chi connectivity index (χ4v) is 6.15. The maximum atomic E-state index is 13.8. The zero-order valence-corrected chi connectivity index (χ0v) is 20.3. The van der Waals surface area contributed by atoms with Gasteiger partial charge in [0.05, 0.1) is 35.4 Å². The standard InChI is InChI=1S/C30H27FN4O2/c31-23-10-12-24(13-11-23)35-26-15-14-25(16-20(26)18-32-35)34-28(36)17-27(33-29(37)19-6-7-19)30(34,22-8-9-22)21-4-2-1-3-5-21/h1-5,10-16,18-19,22,27H,6-9,17H2,(H,33,37)/t27-,30-/m0/s1. The first-order valence-corrected chi connectivity index (χ1v) is 13.0. The molecule has 1 N–H and O–H groups in total. The number of anilines is 1. The molecule has 6 nitrogen and oxygen atoms in total. The fourth-order valence-electron chi connectivity index (χ4n) is 6.15. The van der Waals surface area contributed by atoms with E-state index in [-0.39, 0.29) is 41.9 Å². The van der Waals surface area contributed by atoms with Gasteiger partial charge in [-0.1, -0.05) is 30.3 Å². The predicted molar refractivity (Wildman–Crippen MR) is 139 cm³/mol. The molecule has 1 saturated heterocycles. The maximum Gasteiger partial charge on any atom is 0.230 e. The molecule has 0 radical (unpaired) electrons. The summed E-state index contributed by atoms with van der Waals surface area (Å²) in [6, 6.07) is 22.1. The molecular formula is C30H27FN4O2. The van der Waals surface area contributed by atoms with Crippen molar-refractivity contribution >= 4 is 28.4 Å². The van der Waals surface area contributed by atoms with Gasteiger partial charge in [-0.05, 0) is 79.6 Å². The molecule has 37 heavy (non-hydrogen) atoms. The molecule has 2 atom stereocenters. The van der Waals surface area contributed by atoms with Gasteiger partial charge in [-0.2, -0.15) is 5.10 Å². The maximum absolute atomic E-state index is 13.8. The van der Waals surface area contributed by atoms with E-state index in [2.05, 4.69) is 22.5 Å². The lowest BCUT2D eigenvalue weighted by Crippen LogP contribution is -2.56. The van der Waals surface area contributed by atoms with Crippen LogP contribution in [-0.4, -0.2) is 27.6 Å². The lowest BCUT2D eigenvalue weighted by atomic mass is 9.78. The highest BCUT2D eigenvalue weighted by Crippen LogP contribution is 2.56. The van der Waals surface area contributed by atoms with Crippen LogP contribution < -0.4 is 10.2 Å². The van der Waals surface area contributed by atoms with Crippen molar-refractivity contribution in [2.45, 2.75) is 43.7 Å². The number of fused-ring (bicyclic) bond motifs is 1. The van der Waals surface area contributed by atoms with Crippen molar-refractivity contribution in [3.63, 3.8) is 0 Å². The van der Waals surface area contributed by atoms with Crippen LogP contribution in [0.25, 0.3) is 16.6 Å². The second-order valence-corrected chi connectivity index (χ2v) is 10.5. The number of carbonyl (C=O) groups excluding carboxylic acids is 2. The summed E-state index contributed by atoms with van der Waals surface area (Å²) in [4.78, 5) is 28.7. The molecule has 0 bridgehead atoms. The monoisotopic (exact) mass is 494 g/mol. The molecule has 2 amide bonds. The average Bonchev–Trinajstić information content (AvgIpc) is 3.85. The number of rotatable bonds is 6. The minimum absolute atomic E-state index is 0.0159. The Hall–Kier alpha value is -4.00. The van der Waals surface area contributed by atoms with Crippen LogP contribution in [-0.2, 0) is 15.1 Å². The molecular weight excluding hydrogens is 467 g/mol. The third kappa shape index (κ3) is 3.56. The Morgan fingerprint density at radius 1 is 0.946 bits per heavy atom. The molecule has 2 saturated carbocycles. The molecule has 186 valence electrons. The van der Waals surface area contributed by atoms with Crippen LogP contribution in [0.2, 0.25) is 0 Å². The molecule has 1 aromatic heterocycles. The molecule has 2 heterocycles. The number of amides is 2. The van der Waals surface area contributed by atoms with E-state index in [1.54, 1.807) is 23.0 Å². The number of hydrogen-bond donors (Lipinski definition) is 1. The van der Waals surface area contributed by atoms with E-state index in [0.717, 1.165) is 53.5 Å². The molecule has 1 aliphatic heterocycles. The quantitative estimate of drug-likeness (QED) is 0.406. The zero-order valence-electron chi connectivity index (χ0n) is 20.3.